The number of hydrogen-bond acceptors (Lipinski definition) is 3. The Morgan fingerprint density at radius 3 is 2.60 bits per heavy atom. The molecule has 2 aliphatic rings. The van der Waals surface area contributed by atoms with E-state index in [0.29, 0.717) is 18.0 Å². The van der Waals surface area contributed by atoms with Gasteiger partial charge in [-0.1, -0.05) is 19.3 Å². The first-order valence-electron chi connectivity index (χ1n) is 8.31. The first kappa shape index (κ1) is 15.8. The number of carbonyl (C=O) groups is 1. The van der Waals surface area contributed by atoms with Gasteiger partial charge >= 0.3 is 0 Å². The third-order valence-corrected chi connectivity index (χ3v) is 4.83. The Morgan fingerprint density at radius 1 is 1.20 bits per heavy atom. The van der Waals surface area contributed by atoms with Crippen LogP contribution >= 0.6 is 0 Å². The Labute approximate surface area is 122 Å². The number of nitrogens with zero attached hydrogens (tertiary/aromatic N) is 1. The van der Waals surface area contributed by atoms with Crippen LogP contribution in [0.25, 0.3) is 0 Å². The smallest absolute Gasteiger partial charge is 0.219 e. The number of carbonyl (C=O) groups excluding carboxylic acids is 1. The predicted molar refractivity (Wildman–Crippen MR) is 80.5 cm³/mol. The quantitative estimate of drug-likeness (QED) is 0.810. The van der Waals surface area contributed by atoms with Crippen molar-refractivity contribution in [2.24, 2.45) is 5.92 Å². The van der Waals surface area contributed by atoms with Crippen LogP contribution in [0.4, 0.5) is 0 Å². The zero-order chi connectivity index (χ0) is 14.4. The van der Waals surface area contributed by atoms with Gasteiger partial charge in [0, 0.05) is 38.7 Å². The van der Waals surface area contributed by atoms with E-state index in [1.165, 1.54) is 32.1 Å². The molecule has 1 aliphatic carbocycles. The van der Waals surface area contributed by atoms with Crippen molar-refractivity contribution in [1.82, 2.24) is 10.2 Å². The van der Waals surface area contributed by atoms with Crippen LogP contribution in [0.1, 0.15) is 58.3 Å². The number of aliphatic hydroxyl groups is 1. The molecular formula is C16H30N2O2. The summed E-state index contributed by atoms with van der Waals surface area (Å²) in [5, 5.41) is 12.8. The van der Waals surface area contributed by atoms with Gasteiger partial charge < -0.3 is 15.3 Å². The molecule has 1 saturated heterocycles. The minimum Gasteiger partial charge on any atom is -0.396 e. The van der Waals surface area contributed by atoms with E-state index in [2.05, 4.69) is 5.32 Å². The summed E-state index contributed by atoms with van der Waals surface area (Å²) in [6.07, 6.45) is 9.68. The number of likely N-dealkylation sites (tertiary alicyclic amines) is 1. The summed E-state index contributed by atoms with van der Waals surface area (Å²) >= 11 is 0. The summed E-state index contributed by atoms with van der Waals surface area (Å²) in [5.41, 5.74) is 0. The first-order chi connectivity index (χ1) is 9.69. The van der Waals surface area contributed by atoms with E-state index in [4.69, 9.17) is 5.11 Å². The molecule has 2 atom stereocenters. The summed E-state index contributed by atoms with van der Waals surface area (Å²) in [6.45, 7) is 3.67. The maximum Gasteiger partial charge on any atom is 0.219 e. The number of aliphatic hydroxyl groups excluding tert-OH is 1. The van der Waals surface area contributed by atoms with E-state index in [-0.39, 0.29) is 12.5 Å². The number of hydrogen-bond donors (Lipinski definition) is 2. The Balaban J connectivity index is 1.86. The average Bonchev–Trinajstić information content (AvgIpc) is 2.46. The Morgan fingerprint density at radius 2 is 1.95 bits per heavy atom. The third-order valence-electron chi connectivity index (χ3n) is 4.83. The molecule has 4 nitrogen and oxygen atoms in total. The van der Waals surface area contributed by atoms with Gasteiger partial charge in [0.2, 0.25) is 5.91 Å². The van der Waals surface area contributed by atoms with Crippen molar-refractivity contribution in [2.45, 2.75) is 70.4 Å². The summed E-state index contributed by atoms with van der Waals surface area (Å²) in [5.74, 6) is 0.732. The van der Waals surface area contributed by atoms with E-state index >= 15 is 0 Å². The first-order valence-corrected chi connectivity index (χ1v) is 8.31. The zero-order valence-electron chi connectivity index (χ0n) is 12.8. The Hall–Kier alpha value is -0.610. The minimum absolute atomic E-state index is 0.189. The van der Waals surface area contributed by atoms with E-state index in [9.17, 15) is 4.79 Å². The lowest BCUT2D eigenvalue weighted by Crippen LogP contribution is -2.53. The summed E-state index contributed by atoms with van der Waals surface area (Å²) in [4.78, 5) is 13.7. The van der Waals surface area contributed by atoms with Crippen LogP contribution in [-0.4, -0.2) is 47.7 Å². The molecule has 2 unspecified atom stereocenters. The molecule has 1 saturated carbocycles. The van der Waals surface area contributed by atoms with Crippen molar-refractivity contribution in [2.75, 3.05) is 19.7 Å². The molecule has 0 aromatic heterocycles. The van der Waals surface area contributed by atoms with Crippen LogP contribution in [0.15, 0.2) is 0 Å². The maximum absolute atomic E-state index is 11.7. The van der Waals surface area contributed by atoms with Crippen LogP contribution in [0.2, 0.25) is 0 Å². The lowest BCUT2D eigenvalue weighted by molar-refractivity contribution is -0.131. The predicted octanol–water partition coefficient (Wildman–Crippen LogP) is 1.92. The zero-order valence-corrected chi connectivity index (χ0v) is 12.8. The topological polar surface area (TPSA) is 52.6 Å². The molecule has 2 rings (SSSR count). The summed E-state index contributed by atoms with van der Waals surface area (Å²) in [7, 11) is 0. The van der Waals surface area contributed by atoms with Crippen molar-refractivity contribution in [3.63, 3.8) is 0 Å². The molecule has 0 spiro atoms. The molecular weight excluding hydrogens is 252 g/mol. The molecule has 0 radical (unpaired) electrons. The monoisotopic (exact) mass is 282 g/mol. The van der Waals surface area contributed by atoms with Gasteiger partial charge in [-0.05, 0) is 38.0 Å². The normalized spacial score (nSPS) is 28.6. The highest BCUT2D eigenvalue weighted by molar-refractivity contribution is 5.73. The van der Waals surface area contributed by atoms with E-state index in [0.717, 1.165) is 32.4 Å². The second-order valence-electron chi connectivity index (χ2n) is 6.59. The SMILES string of the molecule is CC(=O)N1CC(CCCO)CC(NC2CCCCC2)C1. The minimum atomic E-state index is 0.189. The average molecular weight is 282 g/mol. The molecule has 1 heterocycles. The maximum atomic E-state index is 11.7. The molecule has 116 valence electrons. The fourth-order valence-electron chi connectivity index (χ4n) is 3.77. The van der Waals surface area contributed by atoms with Gasteiger partial charge in [-0.25, -0.2) is 0 Å². The highest BCUT2D eigenvalue weighted by Crippen LogP contribution is 2.24. The summed E-state index contributed by atoms with van der Waals surface area (Å²) in [6, 6.07) is 1.10. The molecule has 20 heavy (non-hydrogen) atoms. The van der Waals surface area contributed by atoms with Crippen molar-refractivity contribution in [3.8, 4) is 0 Å². The van der Waals surface area contributed by atoms with Gasteiger partial charge in [-0.15, -0.1) is 0 Å². The van der Waals surface area contributed by atoms with Crippen LogP contribution < -0.4 is 5.32 Å². The highest BCUT2D eigenvalue weighted by Gasteiger charge is 2.29. The summed E-state index contributed by atoms with van der Waals surface area (Å²) < 4.78 is 0. The largest absolute Gasteiger partial charge is 0.396 e. The van der Waals surface area contributed by atoms with Gasteiger partial charge in [-0.3, -0.25) is 4.79 Å². The fourth-order valence-corrected chi connectivity index (χ4v) is 3.77. The van der Waals surface area contributed by atoms with Gasteiger partial charge in [0.1, 0.15) is 0 Å². The van der Waals surface area contributed by atoms with E-state index < -0.39 is 0 Å². The Bertz CT molecular complexity index is 303. The molecule has 2 fully saturated rings. The van der Waals surface area contributed by atoms with E-state index in [1.54, 1.807) is 6.92 Å². The van der Waals surface area contributed by atoms with Gasteiger partial charge in [0.05, 0.1) is 0 Å². The fraction of sp³-hybridized carbons (Fsp3) is 0.938. The van der Waals surface area contributed by atoms with E-state index in [1.807, 2.05) is 4.90 Å². The number of piperidine rings is 1. The van der Waals surface area contributed by atoms with Crippen molar-refractivity contribution in [1.29, 1.82) is 0 Å². The highest BCUT2D eigenvalue weighted by atomic mass is 16.2. The molecule has 2 N–H and O–H groups in total. The van der Waals surface area contributed by atoms with Crippen molar-refractivity contribution in [3.05, 3.63) is 0 Å². The van der Waals surface area contributed by atoms with Crippen LogP contribution in [0.3, 0.4) is 0 Å². The van der Waals surface area contributed by atoms with Crippen molar-refractivity contribution >= 4 is 5.91 Å². The molecule has 0 aromatic rings. The third kappa shape index (κ3) is 4.74. The lowest BCUT2D eigenvalue weighted by Gasteiger charge is -2.40. The number of amides is 1. The van der Waals surface area contributed by atoms with Gasteiger partial charge in [0.15, 0.2) is 0 Å². The van der Waals surface area contributed by atoms with Crippen LogP contribution in [0.5, 0.6) is 0 Å². The molecule has 0 bridgehead atoms. The Kier molecular flexibility index (Phi) is 6.30. The number of nitrogens with one attached hydrogen (secondary N) is 1. The molecule has 1 aliphatic heterocycles. The molecule has 4 heteroatoms. The standard InChI is InChI=1S/C16H30N2O2/c1-13(20)18-11-14(6-5-9-19)10-16(12-18)17-15-7-3-2-4-8-15/h14-17,19H,2-12H2,1H3. The van der Waals surface area contributed by atoms with Crippen LogP contribution in [-0.2, 0) is 4.79 Å². The lowest BCUT2D eigenvalue weighted by atomic mass is 9.88. The second kappa shape index (κ2) is 7.99. The molecule has 1 amide bonds. The van der Waals surface area contributed by atoms with Crippen molar-refractivity contribution < 1.29 is 9.90 Å². The molecule has 0 aromatic carbocycles. The van der Waals surface area contributed by atoms with Gasteiger partial charge in [-0.2, -0.15) is 0 Å². The second-order valence-corrected chi connectivity index (χ2v) is 6.59. The van der Waals surface area contributed by atoms with Crippen LogP contribution in [0, 0.1) is 5.92 Å². The number of rotatable bonds is 5. The van der Waals surface area contributed by atoms with Gasteiger partial charge in [0.25, 0.3) is 0 Å².